The lowest BCUT2D eigenvalue weighted by Crippen LogP contribution is -2.34. The second kappa shape index (κ2) is 5.55. The van der Waals surface area contributed by atoms with Crippen molar-refractivity contribution in [1.82, 2.24) is 0 Å². The van der Waals surface area contributed by atoms with Crippen molar-refractivity contribution < 1.29 is 9.90 Å². The third kappa shape index (κ3) is 3.36. The van der Waals surface area contributed by atoms with Crippen LogP contribution in [0.1, 0.15) is 19.4 Å². The quantitative estimate of drug-likeness (QED) is 0.864. The number of nitrogens with one attached hydrogen (secondary N) is 1. The predicted octanol–water partition coefficient (Wildman–Crippen LogP) is 2.73. The van der Waals surface area contributed by atoms with Crippen LogP contribution in [0.25, 0.3) is 0 Å². The molecule has 0 aromatic heterocycles. The minimum absolute atomic E-state index is 0.0702. The molecular formula is C12H13ClN2O2. The summed E-state index contributed by atoms with van der Waals surface area (Å²) in [4.78, 5) is 11.0. The molecule has 0 aliphatic carbocycles. The molecule has 1 aromatic rings. The number of halogens is 1. The van der Waals surface area contributed by atoms with Crippen LogP contribution in [0.15, 0.2) is 18.2 Å². The highest BCUT2D eigenvalue weighted by Crippen LogP contribution is 2.24. The maximum atomic E-state index is 11.0. The molecule has 0 saturated heterocycles. The van der Waals surface area contributed by atoms with E-state index in [9.17, 15) is 4.79 Å². The average Bonchev–Trinajstić information content (AvgIpc) is 2.26. The summed E-state index contributed by atoms with van der Waals surface area (Å²) >= 11 is 5.96. The van der Waals surface area contributed by atoms with Gasteiger partial charge in [-0.1, -0.05) is 25.4 Å². The first-order valence-corrected chi connectivity index (χ1v) is 5.52. The minimum Gasteiger partial charge on any atom is -0.480 e. The molecule has 1 aromatic carbocycles. The number of hydrogen-bond acceptors (Lipinski definition) is 3. The molecule has 0 bridgehead atoms. The van der Waals surface area contributed by atoms with Gasteiger partial charge in [0.1, 0.15) is 6.04 Å². The number of aliphatic carboxylic acids is 1. The lowest BCUT2D eigenvalue weighted by atomic mass is 10.0. The summed E-state index contributed by atoms with van der Waals surface area (Å²) in [5, 5.41) is 20.9. The van der Waals surface area contributed by atoms with E-state index in [1.807, 2.05) is 19.9 Å². The standard InChI is InChI=1S/C12H13ClN2O2/c1-7(2)11(12(16)17)15-10-4-3-8(6-14)5-9(10)13/h3-5,7,11,15H,1-2H3,(H,16,17)/t11-/m0/s1. The number of rotatable bonds is 4. The second-order valence-corrected chi connectivity index (χ2v) is 4.42. The highest BCUT2D eigenvalue weighted by Gasteiger charge is 2.21. The molecule has 0 spiro atoms. The Bertz CT molecular complexity index is 466. The van der Waals surface area contributed by atoms with Crippen molar-refractivity contribution in [3.8, 4) is 6.07 Å². The molecular weight excluding hydrogens is 240 g/mol. The van der Waals surface area contributed by atoms with Crippen LogP contribution in [0.4, 0.5) is 5.69 Å². The average molecular weight is 253 g/mol. The molecule has 2 N–H and O–H groups in total. The number of hydrogen-bond donors (Lipinski definition) is 2. The van der Waals surface area contributed by atoms with Gasteiger partial charge >= 0.3 is 5.97 Å². The Kier molecular flexibility index (Phi) is 4.36. The maximum absolute atomic E-state index is 11.0. The number of carboxylic acids is 1. The lowest BCUT2D eigenvalue weighted by molar-refractivity contribution is -0.138. The first-order chi connectivity index (χ1) is 7.95. The molecule has 4 nitrogen and oxygen atoms in total. The number of nitrogens with zero attached hydrogens (tertiary/aromatic N) is 1. The third-order valence-electron chi connectivity index (χ3n) is 2.34. The van der Waals surface area contributed by atoms with Gasteiger partial charge in [-0.3, -0.25) is 0 Å². The van der Waals surface area contributed by atoms with Crippen molar-refractivity contribution in [2.45, 2.75) is 19.9 Å². The van der Waals surface area contributed by atoms with Gasteiger partial charge in [0.15, 0.2) is 0 Å². The van der Waals surface area contributed by atoms with Gasteiger partial charge < -0.3 is 10.4 Å². The van der Waals surface area contributed by atoms with E-state index in [2.05, 4.69) is 5.32 Å². The summed E-state index contributed by atoms with van der Waals surface area (Å²) < 4.78 is 0. The molecule has 1 atom stereocenters. The molecule has 0 heterocycles. The Labute approximate surface area is 105 Å². The Hall–Kier alpha value is -1.73. The summed E-state index contributed by atoms with van der Waals surface area (Å²) in [6.45, 7) is 3.62. The Balaban J connectivity index is 2.95. The van der Waals surface area contributed by atoms with Crippen molar-refractivity contribution in [3.63, 3.8) is 0 Å². The third-order valence-corrected chi connectivity index (χ3v) is 2.65. The van der Waals surface area contributed by atoms with Crippen molar-refractivity contribution in [2.75, 3.05) is 5.32 Å². The SMILES string of the molecule is CC(C)[C@H](Nc1ccc(C#N)cc1Cl)C(=O)O. The number of carboxylic acid groups (broad SMARTS) is 1. The van der Waals surface area contributed by atoms with Gasteiger partial charge in [-0.2, -0.15) is 5.26 Å². The molecule has 0 fully saturated rings. The van der Waals surface area contributed by atoms with E-state index in [1.54, 1.807) is 12.1 Å². The van der Waals surface area contributed by atoms with Gasteiger partial charge in [-0.15, -0.1) is 0 Å². The number of anilines is 1. The predicted molar refractivity (Wildman–Crippen MR) is 66.1 cm³/mol. The summed E-state index contributed by atoms with van der Waals surface area (Å²) in [6.07, 6.45) is 0. The largest absolute Gasteiger partial charge is 0.480 e. The van der Waals surface area contributed by atoms with E-state index in [0.29, 0.717) is 16.3 Å². The van der Waals surface area contributed by atoms with Crippen LogP contribution < -0.4 is 5.32 Å². The monoisotopic (exact) mass is 252 g/mol. The Morgan fingerprint density at radius 3 is 2.59 bits per heavy atom. The van der Waals surface area contributed by atoms with Crippen molar-refractivity contribution >= 4 is 23.3 Å². The van der Waals surface area contributed by atoms with Gasteiger partial charge in [-0.25, -0.2) is 4.79 Å². The van der Waals surface area contributed by atoms with Gasteiger partial charge in [0.05, 0.1) is 22.3 Å². The van der Waals surface area contributed by atoms with Crippen LogP contribution in [-0.4, -0.2) is 17.1 Å². The summed E-state index contributed by atoms with van der Waals surface area (Å²) in [5.41, 5.74) is 0.962. The first kappa shape index (κ1) is 13.3. The minimum atomic E-state index is -0.930. The van der Waals surface area contributed by atoms with Gasteiger partial charge in [0.25, 0.3) is 0 Å². The van der Waals surface area contributed by atoms with Gasteiger partial charge in [0, 0.05) is 0 Å². The summed E-state index contributed by atoms with van der Waals surface area (Å²) in [7, 11) is 0. The smallest absolute Gasteiger partial charge is 0.326 e. The Morgan fingerprint density at radius 1 is 1.53 bits per heavy atom. The molecule has 0 saturated carbocycles. The zero-order chi connectivity index (χ0) is 13.0. The fourth-order valence-electron chi connectivity index (χ4n) is 1.38. The molecule has 5 heteroatoms. The van der Waals surface area contributed by atoms with Crippen LogP contribution in [0, 0.1) is 17.2 Å². The van der Waals surface area contributed by atoms with E-state index >= 15 is 0 Å². The fourth-order valence-corrected chi connectivity index (χ4v) is 1.62. The number of carbonyl (C=O) groups is 1. The number of benzene rings is 1. The zero-order valence-electron chi connectivity index (χ0n) is 9.57. The maximum Gasteiger partial charge on any atom is 0.326 e. The lowest BCUT2D eigenvalue weighted by Gasteiger charge is -2.19. The van der Waals surface area contributed by atoms with Crippen LogP contribution >= 0.6 is 11.6 Å². The molecule has 17 heavy (non-hydrogen) atoms. The van der Waals surface area contributed by atoms with Crippen LogP contribution in [0.5, 0.6) is 0 Å². The van der Waals surface area contributed by atoms with Crippen molar-refractivity contribution in [2.24, 2.45) is 5.92 Å². The van der Waals surface area contributed by atoms with Gasteiger partial charge in [-0.05, 0) is 24.1 Å². The van der Waals surface area contributed by atoms with E-state index in [0.717, 1.165) is 0 Å². The van der Waals surface area contributed by atoms with E-state index in [1.165, 1.54) is 6.07 Å². The Morgan fingerprint density at radius 2 is 2.18 bits per heavy atom. The summed E-state index contributed by atoms with van der Waals surface area (Å²) in [6, 6.07) is 5.96. The topological polar surface area (TPSA) is 73.1 Å². The molecule has 90 valence electrons. The van der Waals surface area contributed by atoms with Crippen LogP contribution in [0.2, 0.25) is 5.02 Å². The second-order valence-electron chi connectivity index (χ2n) is 4.01. The fraction of sp³-hybridized carbons (Fsp3) is 0.333. The summed E-state index contributed by atoms with van der Waals surface area (Å²) in [5.74, 6) is -1.00. The van der Waals surface area contributed by atoms with Crippen molar-refractivity contribution in [1.29, 1.82) is 5.26 Å². The molecule has 0 aliphatic heterocycles. The van der Waals surface area contributed by atoms with Crippen LogP contribution in [0.3, 0.4) is 0 Å². The highest BCUT2D eigenvalue weighted by atomic mass is 35.5. The normalized spacial score (nSPS) is 11.9. The van der Waals surface area contributed by atoms with E-state index < -0.39 is 12.0 Å². The van der Waals surface area contributed by atoms with Crippen molar-refractivity contribution in [3.05, 3.63) is 28.8 Å². The van der Waals surface area contributed by atoms with Crippen LogP contribution in [-0.2, 0) is 4.79 Å². The van der Waals surface area contributed by atoms with E-state index in [4.69, 9.17) is 22.0 Å². The number of nitriles is 1. The molecule has 0 aliphatic rings. The zero-order valence-corrected chi connectivity index (χ0v) is 10.3. The molecule has 1 rings (SSSR count). The first-order valence-electron chi connectivity index (χ1n) is 5.14. The molecule has 0 unspecified atom stereocenters. The van der Waals surface area contributed by atoms with Gasteiger partial charge in [0.2, 0.25) is 0 Å². The molecule has 0 amide bonds. The molecule has 0 radical (unpaired) electrons. The highest BCUT2D eigenvalue weighted by molar-refractivity contribution is 6.33. The van der Waals surface area contributed by atoms with E-state index in [-0.39, 0.29) is 5.92 Å².